The number of carboxylic acids is 1. The molecule has 0 radical (unpaired) electrons. The number of carbonyl (C=O) groups excluding carboxylic acids is 1. The van der Waals surface area contributed by atoms with E-state index in [1.807, 2.05) is 35.2 Å². The molecule has 1 aliphatic carbocycles. The van der Waals surface area contributed by atoms with E-state index < -0.39 is 11.4 Å². The fraction of sp³-hybridized carbons (Fsp3) is 0.381. The Hall–Kier alpha value is -2.89. The van der Waals surface area contributed by atoms with Gasteiger partial charge in [-0.15, -0.1) is 0 Å². The molecule has 1 aromatic carbocycles. The van der Waals surface area contributed by atoms with Crippen molar-refractivity contribution >= 4 is 17.7 Å². The Morgan fingerprint density at radius 1 is 1.19 bits per heavy atom. The van der Waals surface area contributed by atoms with Crippen LogP contribution in [0.25, 0.3) is 11.3 Å². The van der Waals surface area contributed by atoms with Gasteiger partial charge in [0, 0.05) is 18.7 Å². The number of hydrogen-bond acceptors (Lipinski definition) is 4. The van der Waals surface area contributed by atoms with Crippen LogP contribution in [-0.4, -0.2) is 35.1 Å². The zero-order chi connectivity index (χ0) is 19.4. The van der Waals surface area contributed by atoms with Crippen molar-refractivity contribution in [2.24, 2.45) is 22.5 Å². The van der Waals surface area contributed by atoms with Crippen LogP contribution < -0.4 is 10.6 Å². The molecule has 1 saturated carbocycles. The minimum Gasteiger partial charge on any atom is -0.478 e. The van der Waals surface area contributed by atoms with E-state index in [0.29, 0.717) is 24.6 Å². The number of carbonyl (C=O) groups is 2. The normalized spacial score (nSPS) is 25.6. The van der Waals surface area contributed by atoms with Gasteiger partial charge in [-0.25, -0.2) is 9.78 Å². The van der Waals surface area contributed by atoms with E-state index in [1.165, 1.54) is 0 Å². The number of nitrogens with two attached hydrogens (primary N) is 1. The summed E-state index contributed by atoms with van der Waals surface area (Å²) in [6, 6.07) is 13.0. The summed E-state index contributed by atoms with van der Waals surface area (Å²) in [7, 11) is 0. The molecule has 3 N–H and O–H groups in total. The molecule has 4 rings (SSSR count). The second-order valence-corrected chi connectivity index (χ2v) is 8.36. The first-order chi connectivity index (χ1) is 12.7. The van der Waals surface area contributed by atoms with Crippen molar-refractivity contribution in [2.75, 3.05) is 18.0 Å². The molecule has 140 valence electrons. The van der Waals surface area contributed by atoms with Gasteiger partial charge in [0.25, 0.3) is 0 Å². The van der Waals surface area contributed by atoms with Crippen LogP contribution in [0.15, 0.2) is 42.5 Å². The number of rotatable bonds is 4. The second-order valence-electron chi connectivity index (χ2n) is 8.36. The predicted molar refractivity (Wildman–Crippen MR) is 102 cm³/mol. The fourth-order valence-corrected chi connectivity index (χ4v) is 5.01. The molecule has 2 aliphatic rings. The number of carboxylic acid groups (broad SMARTS) is 1. The number of amides is 1. The lowest BCUT2D eigenvalue weighted by molar-refractivity contribution is -0.148. The summed E-state index contributed by atoms with van der Waals surface area (Å²) in [6.07, 6.45) is 0.720. The van der Waals surface area contributed by atoms with E-state index in [1.54, 1.807) is 12.1 Å². The van der Waals surface area contributed by atoms with Gasteiger partial charge in [0.1, 0.15) is 11.4 Å². The third kappa shape index (κ3) is 2.59. The van der Waals surface area contributed by atoms with Crippen LogP contribution in [-0.2, 0) is 4.79 Å². The summed E-state index contributed by atoms with van der Waals surface area (Å²) in [5.74, 6) is -0.810. The Bertz CT molecular complexity index is 926. The highest BCUT2D eigenvalue weighted by molar-refractivity contribution is 5.94. The molecule has 2 atom stereocenters. The minimum absolute atomic E-state index is 0.00417. The van der Waals surface area contributed by atoms with Crippen LogP contribution in [0.2, 0.25) is 0 Å². The van der Waals surface area contributed by atoms with Crippen LogP contribution in [0.1, 0.15) is 30.6 Å². The van der Waals surface area contributed by atoms with E-state index in [4.69, 9.17) is 5.73 Å². The molecule has 0 bridgehead atoms. The maximum Gasteiger partial charge on any atom is 0.339 e. The van der Waals surface area contributed by atoms with Gasteiger partial charge in [-0.05, 0) is 29.9 Å². The fourth-order valence-electron chi connectivity index (χ4n) is 5.01. The summed E-state index contributed by atoms with van der Waals surface area (Å²) in [6.45, 7) is 5.27. The molecule has 27 heavy (non-hydrogen) atoms. The number of primary amides is 1. The Morgan fingerprint density at radius 3 is 2.44 bits per heavy atom. The first-order valence-electron chi connectivity index (χ1n) is 9.09. The van der Waals surface area contributed by atoms with Gasteiger partial charge in [-0.3, -0.25) is 4.79 Å². The Labute approximate surface area is 158 Å². The van der Waals surface area contributed by atoms with E-state index in [9.17, 15) is 14.7 Å². The average molecular weight is 365 g/mol. The lowest BCUT2D eigenvalue weighted by Gasteiger charge is -2.54. The molecule has 2 fully saturated rings. The van der Waals surface area contributed by atoms with Crippen molar-refractivity contribution in [1.82, 2.24) is 4.98 Å². The molecule has 6 nitrogen and oxygen atoms in total. The molecule has 2 heterocycles. The van der Waals surface area contributed by atoms with Gasteiger partial charge in [0.15, 0.2) is 0 Å². The number of pyridine rings is 1. The highest BCUT2D eigenvalue weighted by Gasteiger charge is 2.66. The first kappa shape index (κ1) is 17.5. The molecule has 1 aliphatic heterocycles. The lowest BCUT2D eigenvalue weighted by atomic mass is 9.48. The molecule has 1 saturated heterocycles. The van der Waals surface area contributed by atoms with Gasteiger partial charge >= 0.3 is 5.97 Å². The van der Waals surface area contributed by atoms with Crippen LogP contribution in [0.5, 0.6) is 0 Å². The van der Waals surface area contributed by atoms with Gasteiger partial charge in [-0.2, -0.15) is 0 Å². The zero-order valence-corrected chi connectivity index (χ0v) is 15.5. The van der Waals surface area contributed by atoms with Gasteiger partial charge < -0.3 is 15.7 Å². The SMILES string of the molecule is CC1(C)C[C@]2(C(N)=O)CN(c3nc(-c4ccccc4)ccc3C(=O)O)C[C@H]12. The van der Waals surface area contributed by atoms with Crippen molar-refractivity contribution in [3.8, 4) is 11.3 Å². The van der Waals surface area contributed by atoms with Gasteiger partial charge in [0.2, 0.25) is 5.91 Å². The van der Waals surface area contributed by atoms with Crippen LogP contribution in [0.3, 0.4) is 0 Å². The third-order valence-corrected chi connectivity index (χ3v) is 6.22. The monoisotopic (exact) mass is 365 g/mol. The summed E-state index contributed by atoms with van der Waals surface area (Å²) in [5, 5.41) is 9.65. The Morgan fingerprint density at radius 2 is 1.89 bits per heavy atom. The predicted octanol–water partition coefficient (Wildman–Crippen LogP) is 2.78. The Kier molecular flexibility index (Phi) is 3.77. The standard InChI is InChI=1S/C21H23N3O3/c1-20(2)11-21(19(22)27)12-24(10-16(20)21)17-14(18(25)26)8-9-15(23-17)13-6-4-3-5-7-13/h3-9,16H,10-12H2,1-2H3,(H2,22,27)(H,25,26)/t16-,21+/m1/s1. The average Bonchev–Trinajstić information content (AvgIpc) is 2.98. The maximum atomic E-state index is 12.2. The molecule has 0 spiro atoms. The summed E-state index contributed by atoms with van der Waals surface area (Å²) in [4.78, 5) is 30.6. The molecule has 1 aromatic heterocycles. The van der Waals surface area contributed by atoms with E-state index in [0.717, 1.165) is 12.0 Å². The highest BCUT2D eigenvalue weighted by atomic mass is 16.4. The summed E-state index contributed by atoms with van der Waals surface area (Å²) in [5.41, 5.74) is 6.94. The van der Waals surface area contributed by atoms with Gasteiger partial charge in [0.05, 0.1) is 11.1 Å². The van der Waals surface area contributed by atoms with Crippen molar-refractivity contribution in [3.05, 3.63) is 48.0 Å². The lowest BCUT2D eigenvalue weighted by Crippen LogP contribution is -2.59. The Balaban J connectivity index is 1.77. The highest BCUT2D eigenvalue weighted by Crippen LogP contribution is 2.63. The molecule has 2 aromatic rings. The zero-order valence-electron chi connectivity index (χ0n) is 15.5. The van der Waals surface area contributed by atoms with Gasteiger partial charge in [-0.1, -0.05) is 44.2 Å². The number of hydrogen-bond donors (Lipinski definition) is 2. The smallest absolute Gasteiger partial charge is 0.339 e. The van der Waals surface area contributed by atoms with Crippen LogP contribution in [0.4, 0.5) is 5.82 Å². The van der Waals surface area contributed by atoms with Crippen LogP contribution in [0, 0.1) is 16.7 Å². The topological polar surface area (TPSA) is 96.5 Å². The number of anilines is 1. The number of benzene rings is 1. The number of aromatic carboxylic acids is 1. The van der Waals surface area contributed by atoms with Crippen molar-refractivity contribution < 1.29 is 14.7 Å². The van der Waals surface area contributed by atoms with E-state index in [2.05, 4.69) is 18.8 Å². The summed E-state index contributed by atoms with van der Waals surface area (Å²) < 4.78 is 0. The molecule has 6 heteroatoms. The largest absolute Gasteiger partial charge is 0.478 e. The number of nitrogens with zero attached hydrogens (tertiary/aromatic N) is 2. The molecule has 0 unspecified atom stereocenters. The van der Waals surface area contributed by atoms with Crippen molar-refractivity contribution in [1.29, 1.82) is 0 Å². The number of aromatic nitrogens is 1. The minimum atomic E-state index is -1.02. The molecular weight excluding hydrogens is 342 g/mol. The molecule has 1 amide bonds. The first-order valence-corrected chi connectivity index (χ1v) is 9.09. The summed E-state index contributed by atoms with van der Waals surface area (Å²) >= 11 is 0. The number of fused-ring (bicyclic) bond motifs is 1. The van der Waals surface area contributed by atoms with E-state index in [-0.39, 0.29) is 22.8 Å². The van der Waals surface area contributed by atoms with Crippen molar-refractivity contribution in [3.63, 3.8) is 0 Å². The quantitative estimate of drug-likeness (QED) is 0.868. The second kappa shape index (κ2) is 5.81. The molecular formula is C21H23N3O3. The van der Waals surface area contributed by atoms with Crippen LogP contribution >= 0.6 is 0 Å². The van der Waals surface area contributed by atoms with Crippen molar-refractivity contribution in [2.45, 2.75) is 20.3 Å². The van der Waals surface area contributed by atoms with E-state index >= 15 is 0 Å². The third-order valence-electron chi connectivity index (χ3n) is 6.22. The maximum absolute atomic E-state index is 12.2.